The molecule has 26 heavy (non-hydrogen) atoms. The molecule has 0 saturated carbocycles. The van der Waals surface area contributed by atoms with E-state index in [0.29, 0.717) is 12.2 Å². The molecule has 134 valence electrons. The van der Waals surface area contributed by atoms with Crippen LogP contribution in [0.3, 0.4) is 0 Å². The van der Waals surface area contributed by atoms with Crippen molar-refractivity contribution in [3.63, 3.8) is 0 Å². The van der Waals surface area contributed by atoms with Gasteiger partial charge >= 0.3 is 0 Å². The molecular weight excluding hydrogens is 336 g/mol. The van der Waals surface area contributed by atoms with E-state index in [-0.39, 0.29) is 5.92 Å². The van der Waals surface area contributed by atoms with Gasteiger partial charge in [-0.3, -0.25) is 0 Å². The second kappa shape index (κ2) is 6.61. The zero-order valence-electron chi connectivity index (χ0n) is 14.4. The summed E-state index contributed by atoms with van der Waals surface area (Å²) in [7, 11) is 0. The summed E-state index contributed by atoms with van der Waals surface area (Å²) in [5.74, 6) is -0.981. The third kappa shape index (κ3) is 3.12. The lowest BCUT2D eigenvalue weighted by atomic mass is 9.83. The van der Waals surface area contributed by atoms with Crippen LogP contribution < -0.4 is 0 Å². The number of nitrogens with one attached hydrogen (secondary N) is 1. The molecule has 1 saturated heterocycles. The first kappa shape index (κ1) is 16.8. The van der Waals surface area contributed by atoms with Crippen LogP contribution in [0.4, 0.5) is 8.78 Å². The Morgan fingerprint density at radius 2 is 1.96 bits per heavy atom. The number of rotatable bonds is 6. The van der Waals surface area contributed by atoms with Crippen molar-refractivity contribution in [1.29, 1.82) is 0 Å². The molecule has 0 bridgehead atoms. The van der Waals surface area contributed by atoms with Gasteiger partial charge in [0.1, 0.15) is 22.9 Å². The summed E-state index contributed by atoms with van der Waals surface area (Å²) in [5.41, 5.74) is 2.83. The van der Waals surface area contributed by atoms with Crippen molar-refractivity contribution in [2.75, 3.05) is 6.61 Å². The Morgan fingerprint density at radius 1 is 1.19 bits per heavy atom. The van der Waals surface area contributed by atoms with Gasteiger partial charge in [0, 0.05) is 17.2 Å². The van der Waals surface area contributed by atoms with Gasteiger partial charge in [-0.1, -0.05) is 37.3 Å². The minimum atomic E-state index is -0.627. The maximum atomic E-state index is 14.2. The number of epoxide rings is 1. The van der Waals surface area contributed by atoms with Crippen molar-refractivity contribution in [2.45, 2.75) is 25.4 Å². The van der Waals surface area contributed by atoms with E-state index in [1.165, 1.54) is 17.7 Å². The molecule has 2 atom stereocenters. The maximum Gasteiger partial charge on any atom is 0.132 e. The summed E-state index contributed by atoms with van der Waals surface area (Å²) in [6.07, 6.45) is 3.39. The number of H-pyrrole nitrogens is 1. The van der Waals surface area contributed by atoms with Gasteiger partial charge < -0.3 is 4.74 Å². The van der Waals surface area contributed by atoms with Crippen LogP contribution in [0.5, 0.6) is 0 Å². The van der Waals surface area contributed by atoms with Crippen LogP contribution in [0, 0.1) is 17.6 Å². The number of ether oxygens (including phenoxy) is 1. The number of halogens is 2. The zero-order chi connectivity index (χ0) is 18.1. The highest BCUT2D eigenvalue weighted by molar-refractivity contribution is 5.57. The number of aryl methyl sites for hydroxylation is 1. The SMILES string of the molecule is CC(CCc1ccc(-c2cn[nH]n2)cc1)C1(c2ccc(F)cc2F)CO1. The minimum absolute atomic E-state index is 0.123. The predicted octanol–water partition coefficient (Wildman–Crippen LogP) is 4.24. The summed E-state index contributed by atoms with van der Waals surface area (Å²) < 4.78 is 33.0. The molecule has 4 rings (SSSR count). The summed E-state index contributed by atoms with van der Waals surface area (Å²) in [6.45, 7) is 2.53. The molecule has 1 aliphatic heterocycles. The number of hydrogen-bond acceptors (Lipinski definition) is 3. The molecule has 0 spiro atoms. The smallest absolute Gasteiger partial charge is 0.132 e. The lowest BCUT2D eigenvalue weighted by Gasteiger charge is -2.21. The number of benzene rings is 2. The monoisotopic (exact) mass is 355 g/mol. The van der Waals surface area contributed by atoms with Gasteiger partial charge in [0.15, 0.2) is 0 Å². The van der Waals surface area contributed by atoms with E-state index in [4.69, 9.17) is 4.74 Å². The van der Waals surface area contributed by atoms with Crippen LogP contribution in [0.15, 0.2) is 48.7 Å². The number of nitrogens with zero attached hydrogens (tertiary/aromatic N) is 2. The van der Waals surface area contributed by atoms with E-state index in [1.54, 1.807) is 6.20 Å². The van der Waals surface area contributed by atoms with E-state index >= 15 is 0 Å². The van der Waals surface area contributed by atoms with E-state index in [2.05, 4.69) is 34.5 Å². The van der Waals surface area contributed by atoms with Crippen LogP contribution in [-0.2, 0) is 16.8 Å². The Morgan fingerprint density at radius 3 is 2.58 bits per heavy atom. The van der Waals surface area contributed by atoms with E-state index in [9.17, 15) is 8.78 Å². The van der Waals surface area contributed by atoms with Crippen molar-refractivity contribution < 1.29 is 13.5 Å². The van der Waals surface area contributed by atoms with Crippen LogP contribution in [0.25, 0.3) is 11.3 Å². The molecule has 1 aliphatic rings. The molecule has 1 fully saturated rings. The fourth-order valence-electron chi connectivity index (χ4n) is 3.42. The molecule has 0 amide bonds. The molecule has 2 aromatic carbocycles. The van der Waals surface area contributed by atoms with Crippen LogP contribution in [0.1, 0.15) is 24.5 Å². The van der Waals surface area contributed by atoms with Gasteiger partial charge in [0.2, 0.25) is 0 Å². The fraction of sp³-hybridized carbons (Fsp3) is 0.300. The average molecular weight is 355 g/mol. The molecule has 4 nitrogen and oxygen atoms in total. The van der Waals surface area contributed by atoms with E-state index < -0.39 is 17.2 Å². The topological polar surface area (TPSA) is 54.1 Å². The Bertz CT molecular complexity index is 890. The largest absolute Gasteiger partial charge is 0.364 e. The molecule has 1 aromatic heterocycles. The Balaban J connectivity index is 1.43. The Labute approximate surface area is 150 Å². The molecule has 6 heteroatoms. The van der Waals surface area contributed by atoms with Gasteiger partial charge in [-0.05, 0) is 30.4 Å². The highest BCUT2D eigenvalue weighted by Gasteiger charge is 2.52. The molecule has 0 radical (unpaired) electrons. The first-order chi connectivity index (χ1) is 12.6. The highest BCUT2D eigenvalue weighted by Crippen LogP contribution is 2.48. The molecular formula is C20H19F2N3O. The van der Waals surface area contributed by atoms with Crippen molar-refractivity contribution in [3.8, 4) is 11.3 Å². The lowest BCUT2D eigenvalue weighted by molar-refractivity contribution is 0.215. The van der Waals surface area contributed by atoms with Gasteiger partial charge in [-0.15, -0.1) is 0 Å². The second-order valence-corrected chi connectivity index (χ2v) is 6.79. The predicted molar refractivity (Wildman–Crippen MR) is 93.3 cm³/mol. The third-order valence-electron chi connectivity index (χ3n) is 5.17. The number of aromatic nitrogens is 3. The average Bonchev–Trinajstić information content (AvgIpc) is 3.25. The van der Waals surface area contributed by atoms with Crippen molar-refractivity contribution >= 4 is 0 Å². The highest BCUT2D eigenvalue weighted by atomic mass is 19.1. The quantitative estimate of drug-likeness (QED) is 0.673. The molecule has 2 heterocycles. The van der Waals surface area contributed by atoms with Crippen LogP contribution >= 0.6 is 0 Å². The van der Waals surface area contributed by atoms with Crippen molar-refractivity contribution in [2.24, 2.45) is 5.92 Å². The lowest BCUT2D eigenvalue weighted by Crippen LogP contribution is -2.22. The summed E-state index contributed by atoms with van der Waals surface area (Å²) in [4.78, 5) is 0. The Kier molecular flexibility index (Phi) is 4.28. The standard InChI is InChI=1S/C20H19F2N3O/c1-13(20(12-26-20)17-9-8-16(21)10-18(17)22)2-3-14-4-6-15(7-5-14)19-11-23-25-24-19/h4-11,13H,2-3,12H2,1H3,(H,23,24,25). The summed E-state index contributed by atoms with van der Waals surface area (Å²) >= 11 is 0. The van der Waals surface area contributed by atoms with Gasteiger partial charge in [0.05, 0.1) is 12.8 Å². The van der Waals surface area contributed by atoms with E-state index in [1.807, 2.05) is 12.1 Å². The van der Waals surface area contributed by atoms with Crippen molar-refractivity contribution in [1.82, 2.24) is 15.4 Å². The minimum Gasteiger partial charge on any atom is -0.364 e. The molecule has 1 N–H and O–H groups in total. The third-order valence-corrected chi connectivity index (χ3v) is 5.17. The van der Waals surface area contributed by atoms with Gasteiger partial charge in [-0.2, -0.15) is 15.4 Å². The first-order valence-corrected chi connectivity index (χ1v) is 8.63. The van der Waals surface area contributed by atoms with Crippen LogP contribution in [0.2, 0.25) is 0 Å². The Hall–Kier alpha value is -2.60. The van der Waals surface area contributed by atoms with E-state index in [0.717, 1.165) is 30.2 Å². The van der Waals surface area contributed by atoms with Gasteiger partial charge in [-0.25, -0.2) is 8.78 Å². The number of hydrogen-bond donors (Lipinski definition) is 1. The molecule has 3 aromatic rings. The second-order valence-electron chi connectivity index (χ2n) is 6.79. The zero-order valence-corrected chi connectivity index (χ0v) is 14.4. The molecule has 2 unspecified atom stereocenters. The fourth-order valence-corrected chi connectivity index (χ4v) is 3.42. The number of aromatic amines is 1. The maximum absolute atomic E-state index is 14.2. The first-order valence-electron chi connectivity index (χ1n) is 8.63. The van der Waals surface area contributed by atoms with Crippen LogP contribution in [-0.4, -0.2) is 22.0 Å². The normalized spacial score (nSPS) is 20.1. The summed E-state index contributed by atoms with van der Waals surface area (Å²) in [5, 5.41) is 10.5. The van der Waals surface area contributed by atoms with Crippen molar-refractivity contribution in [3.05, 3.63) is 71.4 Å². The van der Waals surface area contributed by atoms with Gasteiger partial charge in [0.25, 0.3) is 0 Å². The molecule has 0 aliphatic carbocycles. The summed E-state index contributed by atoms with van der Waals surface area (Å²) in [6, 6.07) is 11.9.